The van der Waals surface area contributed by atoms with E-state index < -0.39 is 0 Å². The van der Waals surface area contributed by atoms with E-state index in [1.54, 1.807) is 22.7 Å². The Balaban J connectivity index is 1.87. The highest BCUT2D eigenvalue weighted by Gasteiger charge is 2.12. The largest absolute Gasteiger partial charge is 0.395 e. The van der Waals surface area contributed by atoms with Crippen LogP contribution in [-0.4, -0.2) is 22.7 Å². The summed E-state index contributed by atoms with van der Waals surface area (Å²) in [6, 6.07) is 7.74. The van der Waals surface area contributed by atoms with Crippen LogP contribution in [0.15, 0.2) is 29.6 Å². The van der Waals surface area contributed by atoms with Gasteiger partial charge in [0.25, 0.3) is 0 Å². The van der Waals surface area contributed by atoms with Gasteiger partial charge in [-0.2, -0.15) is 0 Å². The van der Waals surface area contributed by atoms with Gasteiger partial charge in [0.1, 0.15) is 5.15 Å². The number of fused-ring (bicyclic) bond motifs is 1. The highest BCUT2D eigenvalue weighted by molar-refractivity contribution is 7.19. The SMILES string of the molecule is NC(CO)Cc1cc2nc(Cl)cc(NCc3cccs3)c2s1. The Labute approximate surface area is 141 Å². The molecule has 1 atom stereocenters. The van der Waals surface area contributed by atoms with Crippen LogP contribution in [0.25, 0.3) is 10.2 Å². The molecular formula is C15H16ClN3OS2. The molecule has 0 bridgehead atoms. The third-order valence-corrected chi connectivity index (χ3v) is 5.48. The van der Waals surface area contributed by atoms with E-state index in [0.29, 0.717) is 11.6 Å². The minimum absolute atomic E-state index is 0.0219. The Kier molecular flexibility index (Phi) is 4.95. The van der Waals surface area contributed by atoms with Crippen LogP contribution in [-0.2, 0) is 13.0 Å². The molecule has 0 saturated carbocycles. The predicted molar refractivity (Wildman–Crippen MR) is 95.0 cm³/mol. The second-order valence-electron chi connectivity index (χ2n) is 5.00. The van der Waals surface area contributed by atoms with Gasteiger partial charge in [0.15, 0.2) is 0 Å². The topological polar surface area (TPSA) is 71.2 Å². The number of halogens is 1. The quantitative estimate of drug-likeness (QED) is 0.593. The van der Waals surface area contributed by atoms with E-state index in [2.05, 4.69) is 21.7 Å². The lowest BCUT2D eigenvalue weighted by Gasteiger charge is -2.06. The van der Waals surface area contributed by atoms with Crippen molar-refractivity contribution in [2.75, 3.05) is 11.9 Å². The number of nitrogens with two attached hydrogens (primary N) is 1. The molecule has 0 aliphatic rings. The maximum atomic E-state index is 9.09. The monoisotopic (exact) mass is 353 g/mol. The molecule has 0 aromatic carbocycles. The number of thiophene rings is 2. The van der Waals surface area contributed by atoms with Gasteiger partial charge < -0.3 is 16.2 Å². The Morgan fingerprint density at radius 3 is 2.95 bits per heavy atom. The first-order valence-corrected chi connectivity index (χ1v) is 8.95. The average Bonchev–Trinajstić information content (AvgIpc) is 3.13. The Hall–Kier alpha value is -1.18. The second-order valence-corrected chi connectivity index (χ2v) is 7.56. The van der Waals surface area contributed by atoms with Crippen molar-refractivity contribution < 1.29 is 5.11 Å². The second kappa shape index (κ2) is 6.93. The number of rotatable bonds is 6. The van der Waals surface area contributed by atoms with Crippen LogP contribution < -0.4 is 11.1 Å². The lowest BCUT2D eigenvalue weighted by Crippen LogP contribution is -2.26. The lowest BCUT2D eigenvalue weighted by atomic mass is 10.2. The Bertz CT molecular complexity index is 758. The molecule has 0 aliphatic heterocycles. The van der Waals surface area contributed by atoms with Gasteiger partial charge in [-0.05, 0) is 23.9 Å². The van der Waals surface area contributed by atoms with E-state index in [-0.39, 0.29) is 12.6 Å². The zero-order chi connectivity index (χ0) is 15.5. The maximum absolute atomic E-state index is 9.09. The fourth-order valence-corrected chi connectivity index (χ4v) is 4.21. The minimum atomic E-state index is -0.244. The van der Waals surface area contributed by atoms with E-state index in [1.165, 1.54) is 4.88 Å². The molecule has 4 nitrogen and oxygen atoms in total. The number of aliphatic hydroxyl groups excluding tert-OH is 1. The van der Waals surface area contributed by atoms with E-state index in [0.717, 1.165) is 27.3 Å². The summed E-state index contributed by atoms with van der Waals surface area (Å²) in [5.41, 5.74) is 7.66. The van der Waals surface area contributed by atoms with Crippen LogP contribution in [0, 0.1) is 0 Å². The van der Waals surface area contributed by atoms with E-state index in [9.17, 15) is 0 Å². The summed E-state index contributed by atoms with van der Waals surface area (Å²) in [5, 5.41) is 15.0. The molecule has 3 aromatic heterocycles. The summed E-state index contributed by atoms with van der Waals surface area (Å²) in [7, 11) is 0. The summed E-state index contributed by atoms with van der Waals surface area (Å²) in [4.78, 5) is 6.74. The molecule has 4 N–H and O–H groups in total. The first-order valence-electron chi connectivity index (χ1n) is 6.87. The maximum Gasteiger partial charge on any atom is 0.131 e. The Morgan fingerprint density at radius 1 is 1.36 bits per heavy atom. The number of aliphatic hydroxyl groups is 1. The minimum Gasteiger partial charge on any atom is -0.395 e. The molecule has 116 valence electrons. The van der Waals surface area contributed by atoms with Gasteiger partial charge >= 0.3 is 0 Å². The van der Waals surface area contributed by atoms with Gasteiger partial charge in [-0.25, -0.2) is 4.98 Å². The summed E-state index contributed by atoms with van der Waals surface area (Å²) >= 11 is 9.48. The molecule has 0 aliphatic carbocycles. The van der Waals surface area contributed by atoms with Gasteiger partial charge in [0, 0.05) is 28.4 Å². The molecule has 22 heavy (non-hydrogen) atoms. The molecule has 0 fully saturated rings. The van der Waals surface area contributed by atoms with Crippen molar-refractivity contribution in [1.82, 2.24) is 4.98 Å². The van der Waals surface area contributed by atoms with Gasteiger partial charge in [-0.3, -0.25) is 0 Å². The van der Waals surface area contributed by atoms with Crippen LogP contribution in [0.5, 0.6) is 0 Å². The van der Waals surface area contributed by atoms with Crippen molar-refractivity contribution in [3.05, 3.63) is 44.6 Å². The molecule has 3 rings (SSSR count). The molecule has 0 saturated heterocycles. The molecule has 3 heterocycles. The summed E-state index contributed by atoms with van der Waals surface area (Å²) in [6.45, 7) is 0.739. The van der Waals surface area contributed by atoms with Crippen molar-refractivity contribution in [3.8, 4) is 0 Å². The van der Waals surface area contributed by atoms with Crippen molar-refractivity contribution in [1.29, 1.82) is 0 Å². The zero-order valence-electron chi connectivity index (χ0n) is 11.8. The number of hydrogen-bond acceptors (Lipinski definition) is 6. The third-order valence-electron chi connectivity index (χ3n) is 3.23. The molecule has 0 spiro atoms. The standard InChI is InChI=1S/C15H16ClN3OS2/c16-14-6-12(18-7-10-2-1-3-21-10)15-13(19-14)5-11(22-15)4-9(17)8-20/h1-3,5-6,9,20H,4,7-8,17H2,(H,18,19). The van der Waals surface area contributed by atoms with Crippen molar-refractivity contribution in [3.63, 3.8) is 0 Å². The molecule has 0 radical (unpaired) electrons. The van der Waals surface area contributed by atoms with Gasteiger partial charge in [-0.15, -0.1) is 22.7 Å². The van der Waals surface area contributed by atoms with E-state index >= 15 is 0 Å². The molecular weight excluding hydrogens is 338 g/mol. The van der Waals surface area contributed by atoms with Crippen molar-refractivity contribution in [2.24, 2.45) is 5.73 Å². The van der Waals surface area contributed by atoms with Crippen LogP contribution in [0.4, 0.5) is 5.69 Å². The highest BCUT2D eigenvalue weighted by Crippen LogP contribution is 2.33. The number of nitrogens with zero attached hydrogens (tertiary/aromatic N) is 1. The lowest BCUT2D eigenvalue weighted by molar-refractivity contribution is 0.266. The highest BCUT2D eigenvalue weighted by atomic mass is 35.5. The number of nitrogens with one attached hydrogen (secondary N) is 1. The number of anilines is 1. The number of pyridine rings is 1. The fraction of sp³-hybridized carbons (Fsp3) is 0.267. The summed E-state index contributed by atoms with van der Waals surface area (Å²) in [5.74, 6) is 0. The van der Waals surface area contributed by atoms with E-state index in [1.807, 2.05) is 18.2 Å². The van der Waals surface area contributed by atoms with Crippen LogP contribution in [0.1, 0.15) is 9.75 Å². The van der Waals surface area contributed by atoms with Gasteiger partial charge in [0.05, 0.1) is 22.5 Å². The third kappa shape index (κ3) is 3.59. The summed E-state index contributed by atoms with van der Waals surface area (Å²) < 4.78 is 1.07. The van der Waals surface area contributed by atoms with Crippen molar-refractivity contribution >= 4 is 50.2 Å². The van der Waals surface area contributed by atoms with Crippen LogP contribution >= 0.6 is 34.3 Å². The zero-order valence-corrected chi connectivity index (χ0v) is 14.1. The summed E-state index contributed by atoms with van der Waals surface area (Å²) in [6.07, 6.45) is 0.638. The molecule has 7 heteroatoms. The number of hydrogen-bond donors (Lipinski definition) is 3. The number of aromatic nitrogens is 1. The predicted octanol–water partition coefficient (Wildman–Crippen LogP) is 3.49. The van der Waals surface area contributed by atoms with Crippen LogP contribution in [0.2, 0.25) is 5.15 Å². The first-order chi connectivity index (χ1) is 10.7. The average molecular weight is 354 g/mol. The van der Waals surface area contributed by atoms with Gasteiger partial charge in [0.2, 0.25) is 0 Å². The molecule has 0 amide bonds. The van der Waals surface area contributed by atoms with E-state index in [4.69, 9.17) is 22.4 Å². The Morgan fingerprint density at radius 2 is 2.23 bits per heavy atom. The first kappa shape index (κ1) is 15.7. The fourth-order valence-electron chi connectivity index (χ4n) is 2.19. The van der Waals surface area contributed by atoms with Crippen LogP contribution in [0.3, 0.4) is 0 Å². The normalized spacial score (nSPS) is 12.7. The molecule has 3 aromatic rings. The molecule has 1 unspecified atom stereocenters. The smallest absolute Gasteiger partial charge is 0.131 e. The van der Waals surface area contributed by atoms with Crippen molar-refractivity contribution in [2.45, 2.75) is 19.0 Å². The van der Waals surface area contributed by atoms with Gasteiger partial charge in [-0.1, -0.05) is 17.7 Å².